The Bertz CT molecular complexity index is 686. The Balaban J connectivity index is 1.49. The maximum Gasteiger partial charge on any atom is 0.117 e. The quantitative estimate of drug-likeness (QED) is 0.660. The van der Waals surface area contributed by atoms with Gasteiger partial charge < -0.3 is 19.9 Å². The van der Waals surface area contributed by atoms with Gasteiger partial charge in [0.25, 0.3) is 0 Å². The van der Waals surface area contributed by atoms with Crippen molar-refractivity contribution in [3.8, 4) is 0 Å². The molecular formula is C24H37NO3. The largest absolute Gasteiger partial charge is 0.468 e. The number of aliphatic hydroxyl groups is 2. The lowest BCUT2D eigenvalue weighted by atomic mass is 9.52. The van der Waals surface area contributed by atoms with E-state index < -0.39 is 0 Å². The van der Waals surface area contributed by atoms with Gasteiger partial charge in [-0.15, -0.1) is 0 Å². The summed E-state index contributed by atoms with van der Waals surface area (Å²) in [6.45, 7) is 10.6. The second-order valence-corrected chi connectivity index (χ2v) is 10.1. The standard InChI is InChI=1S/C24H37NO3/c1-16-6-7-20-22(27)21(9-11-23(16,20)2)24(3)10-8-18(26)13-17(24)14-25-15-19-5-4-12-28-19/h4-5,12,17-18,20-22,25-27H,1,6-11,13-15H2,2-3H3/t17-,18+,20?,21?,22-,23+,24+/m1/s1. The molecular weight excluding hydrogens is 350 g/mol. The summed E-state index contributed by atoms with van der Waals surface area (Å²) >= 11 is 0. The SMILES string of the molecule is C=C1CCC2[C@@H](O)C([C@@]3(C)CC[C@H](O)C[C@@H]3CNCc3ccco3)CC[C@@]12C. The molecule has 3 saturated carbocycles. The first-order valence-electron chi connectivity index (χ1n) is 11.1. The normalized spacial score (nSPS) is 43.9. The average Bonchev–Trinajstić information content (AvgIpc) is 3.27. The molecule has 1 aromatic rings. The smallest absolute Gasteiger partial charge is 0.117 e. The van der Waals surface area contributed by atoms with Crippen LogP contribution in [0.1, 0.15) is 64.6 Å². The summed E-state index contributed by atoms with van der Waals surface area (Å²) in [5, 5.41) is 25.4. The molecule has 2 unspecified atom stereocenters. The van der Waals surface area contributed by atoms with Gasteiger partial charge in [-0.2, -0.15) is 0 Å². The highest BCUT2D eigenvalue weighted by molar-refractivity contribution is 5.21. The lowest BCUT2D eigenvalue weighted by molar-refractivity contribution is -0.118. The first kappa shape index (κ1) is 20.2. The van der Waals surface area contributed by atoms with Crippen LogP contribution in [0.2, 0.25) is 0 Å². The first-order valence-corrected chi connectivity index (χ1v) is 11.1. The Kier molecular flexibility index (Phi) is 5.49. The fourth-order valence-corrected chi connectivity index (χ4v) is 6.72. The molecule has 7 atom stereocenters. The van der Waals surface area contributed by atoms with Crippen LogP contribution >= 0.6 is 0 Å². The molecule has 0 bridgehead atoms. The number of furan rings is 1. The van der Waals surface area contributed by atoms with E-state index in [-0.39, 0.29) is 23.0 Å². The number of allylic oxidation sites excluding steroid dienone is 1. The Morgan fingerprint density at radius 3 is 2.75 bits per heavy atom. The van der Waals surface area contributed by atoms with Gasteiger partial charge in [0.2, 0.25) is 0 Å². The summed E-state index contributed by atoms with van der Waals surface area (Å²) in [4.78, 5) is 0. The zero-order valence-corrected chi connectivity index (χ0v) is 17.5. The van der Waals surface area contributed by atoms with Crippen molar-refractivity contribution >= 4 is 0 Å². The van der Waals surface area contributed by atoms with Crippen molar-refractivity contribution in [2.24, 2.45) is 28.6 Å². The fraction of sp³-hybridized carbons (Fsp3) is 0.750. The predicted molar refractivity (Wildman–Crippen MR) is 111 cm³/mol. The number of hydrogen-bond acceptors (Lipinski definition) is 4. The third kappa shape index (κ3) is 3.38. The summed E-state index contributed by atoms with van der Waals surface area (Å²) in [5.41, 5.74) is 1.52. The van der Waals surface area contributed by atoms with Gasteiger partial charge in [-0.3, -0.25) is 0 Å². The van der Waals surface area contributed by atoms with E-state index in [1.54, 1.807) is 6.26 Å². The average molecular weight is 388 g/mol. The number of rotatable bonds is 5. The number of aliphatic hydroxyl groups excluding tert-OH is 2. The van der Waals surface area contributed by atoms with Crippen molar-refractivity contribution in [2.75, 3.05) is 6.54 Å². The molecule has 0 spiro atoms. The molecule has 1 heterocycles. The molecule has 0 radical (unpaired) electrons. The van der Waals surface area contributed by atoms with Crippen LogP contribution in [-0.4, -0.2) is 29.0 Å². The van der Waals surface area contributed by atoms with Gasteiger partial charge in [-0.25, -0.2) is 0 Å². The number of fused-ring (bicyclic) bond motifs is 1. The predicted octanol–water partition coefficient (Wildman–Crippen LogP) is 4.28. The minimum Gasteiger partial charge on any atom is -0.468 e. The Morgan fingerprint density at radius 1 is 1.18 bits per heavy atom. The summed E-state index contributed by atoms with van der Waals surface area (Å²) < 4.78 is 5.44. The van der Waals surface area contributed by atoms with Crippen LogP contribution in [0.15, 0.2) is 35.0 Å². The lowest BCUT2D eigenvalue weighted by Gasteiger charge is -2.55. The third-order valence-electron chi connectivity index (χ3n) is 8.80. The van der Waals surface area contributed by atoms with Gasteiger partial charge in [0.05, 0.1) is 25.0 Å². The van der Waals surface area contributed by atoms with E-state index in [0.717, 1.165) is 57.3 Å². The molecule has 0 aromatic carbocycles. The molecule has 3 aliphatic rings. The molecule has 3 N–H and O–H groups in total. The van der Waals surface area contributed by atoms with Crippen LogP contribution in [0.3, 0.4) is 0 Å². The van der Waals surface area contributed by atoms with Crippen molar-refractivity contribution in [2.45, 2.75) is 77.5 Å². The van der Waals surface area contributed by atoms with Crippen molar-refractivity contribution in [1.82, 2.24) is 5.32 Å². The summed E-state index contributed by atoms with van der Waals surface area (Å²) in [7, 11) is 0. The van der Waals surface area contributed by atoms with Crippen LogP contribution in [0.4, 0.5) is 0 Å². The molecule has 1 aromatic heterocycles. The summed E-state index contributed by atoms with van der Waals surface area (Å²) in [5.74, 6) is 1.95. The number of hydrogen-bond donors (Lipinski definition) is 3. The van der Waals surface area contributed by atoms with Crippen molar-refractivity contribution in [1.29, 1.82) is 0 Å². The third-order valence-corrected chi connectivity index (χ3v) is 8.80. The monoisotopic (exact) mass is 387 g/mol. The van der Waals surface area contributed by atoms with Crippen molar-refractivity contribution < 1.29 is 14.6 Å². The zero-order valence-electron chi connectivity index (χ0n) is 17.5. The van der Waals surface area contributed by atoms with Gasteiger partial charge in [-0.05, 0) is 92.2 Å². The Hall–Kier alpha value is -1.10. The van der Waals surface area contributed by atoms with Gasteiger partial charge in [-0.1, -0.05) is 26.0 Å². The summed E-state index contributed by atoms with van der Waals surface area (Å²) in [6, 6.07) is 3.90. The van der Waals surface area contributed by atoms with Crippen molar-refractivity contribution in [3.63, 3.8) is 0 Å². The topological polar surface area (TPSA) is 65.6 Å². The van der Waals surface area contributed by atoms with E-state index in [1.165, 1.54) is 5.57 Å². The van der Waals surface area contributed by atoms with Gasteiger partial charge in [0.1, 0.15) is 5.76 Å². The van der Waals surface area contributed by atoms with Crippen LogP contribution in [0.5, 0.6) is 0 Å². The molecule has 0 saturated heterocycles. The van der Waals surface area contributed by atoms with Crippen molar-refractivity contribution in [3.05, 3.63) is 36.3 Å². The van der Waals surface area contributed by atoms with E-state index in [2.05, 4.69) is 25.7 Å². The van der Waals surface area contributed by atoms with E-state index >= 15 is 0 Å². The highest BCUT2D eigenvalue weighted by Gasteiger charge is 2.56. The first-order chi connectivity index (χ1) is 13.3. The zero-order chi connectivity index (χ0) is 19.9. The fourth-order valence-electron chi connectivity index (χ4n) is 6.72. The van der Waals surface area contributed by atoms with Crippen LogP contribution < -0.4 is 5.32 Å². The minimum absolute atomic E-state index is 0.0556. The lowest BCUT2D eigenvalue weighted by Crippen LogP contribution is -2.54. The number of nitrogens with one attached hydrogen (secondary N) is 1. The molecule has 0 amide bonds. The summed E-state index contributed by atoms with van der Waals surface area (Å²) in [6.07, 6.45) is 8.23. The molecule has 3 aliphatic carbocycles. The highest BCUT2D eigenvalue weighted by atomic mass is 16.3. The van der Waals surface area contributed by atoms with Gasteiger partial charge in [0.15, 0.2) is 0 Å². The Morgan fingerprint density at radius 2 is 2.00 bits per heavy atom. The van der Waals surface area contributed by atoms with E-state index in [9.17, 15) is 10.2 Å². The Labute approximate surface area is 169 Å². The molecule has 156 valence electrons. The molecule has 28 heavy (non-hydrogen) atoms. The molecule has 4 heteroatoms. The van der Waals surface area contributed by atoms with Crippen LogP contribution in [-0.2, 0) is 6.54 Å². The van der Waals surface area contributed by atoms with Crippen LogP contribution in [0.25, 0.3) is 0 Å². The molecule has 4 nitrogen and oxygen atoms in total. The molecule has 4 rings (SSSR count). The van der Waals surface area contributed by atoms with E-state index in [0.29, 0.717) is 24.3 Å². The maximum absolute atomic E-state index is 11.5. The maximum atomic E-state index is 11.5. The van der Waals surface area contributed by atoms with Crippen LogP contribution in [0, 0.1) is 28.6 Å². The molecule has 0 aliphatic heterocycles. The van der Waals surface area contributed by atoms with E-state index in [1.807, 2.05) is 12.1 Å². The van der Waals surface area contributed by atoms with Gasteiger partial charge in [0, 0.05) is 0 Å². The second kappa shape index (κ2) is 7.62. The van der Waals surface area contributed by atoms with Gasteiger partial charge >= 0.3 is 0 Å². The highest BCUT2D eigenvalue weighted by Crippen LogP contribution is 2.61. The van der Waals surface area contributed by atoms with E-state index in [4.69, 9.17) is 4.42 Å². The second-order valence-electron chi connectivity index (χ2n) is 10.1. The molecule has 3 fully saturated rings. The minimum atomic E-state index is -0.259.